The van der Waals surface area contributed by atoms with Gasteiger partial charge in [0.25, 0.3) is 0 Å². The van der Waals surface area contributed by atoms with Gasteiger partial charge in [0, 0.05) is 12.6 Å². The molecule has 3 amide bonds. The quantitative estimate of drug-likeness (QED) is 0.287. The highest BCUT2D eigenvalue weighted by Crippen LogP contribution is 2.00. The van der Waals surface area contributed by atoms with Gasteiger partial charge in [0.15, 0.2) is 5.96 Å². The second kappa shape index (κ2) is 11.7. The fourth-order valence-electron chi connectivity index (χ4n) is 2.73. The molecule has 1 aliphatic rings. The molecule has 1 heterocycles. The summed E-state index contributed by atoms with van der Waals surface area (Å²) in [7, 11) is 0. The highest BCUT2D eigenvalue weighted by atomic mass is 16.2. The molecule has 0 saturated carbocycles. The number of carbonyl (C=O) groups is 2. The van der Waals surface area contributed by atoms with Gasteiger partial charge in [0.1, 0.15) is 0 Å². The standard InChI is InChI=1S/C17H34N6O2/c1-5-18-16(19-10-12-23-15(24)13-20-17(23)25)21-14(4)9-8-11-22(6-2)7-3/h14H,5-13H2,1-4H3,(H,20,25)(H2,18,19,21). The smallest absolute Gasteiger partial charge is 0.324 e. The summed E-state index contributed by atoms with van der Waals surface area (Å²) in [5, 5.41) is 9.11. The van der Waals surface area contributed by atoms with E-state index in [1.54, 1.807) is 0 Å². The van der Waals surface area contributed by atoms with Crippen molar-refractivity contribution in [1.82, 2.24) is 25.8 Å². The van der Waals surface area contributed by atoms with Crippen LogP contribution in [0.15, 0.2) is 4.99 Å². The van der Waals surface area contributed by atoms with Crippen LogP contribution in [0.2, 0.25) is 0 Å². The van der Waals surface area contributed by atoms with Crippen molar-refractivity contribution in [2.45, 2.75) is 46.6 Å². The number of aliphatic imine (C=N–C) groups is 1. The van der Waals surface area contributed by atoms with E-state index in [1.165, 1.54) is 4.90 Å². The Morgan fingerprint density at radius 3 is 2.60 bits per heavy atom. The molecule has 0 aromatic rings. The van der Waals surface area contributed by atoms with Gasteiger partial charge in [-0.05, 0) is 46.3 Å². The third-order valence-corrected chi connectivity index (χ3v) is 4.26. The Bertz CT molecular complexity index is 434. The molecular weight excluding hydrogens is 320 g/mol. The van der Waals surface area contributed by atoms with Crippen LogP contribution in [0.5, 0.6) is 0 Å². The second-order valence-electron chi connectivity index (χ2n) is 6.18. The summed E-state index contributed by atoms with van der Waals surface area (Å²) in [6.07, 6.45) is 2.20. The number of nitrogens with one attached hydrogen (secondary N) is 3. The molecule has 1 unspecified atom stereocenters. The number of rotatable bonds is 11. The maximum atomic E-state index is 11.5. The van der Waals surface area contributed by atoms with Crippen LogP contribution in [0.3, 0.4) is 0 Å². The van der Waals surface area contributed by atoms with E-state index in [9.17, 15) is 9.59 Å². The molecule has 1 aliphatic heterocycles. The highest BCUT2D eigenvalue weighted by Gasteiger charge is 2.27. The first-order valence-electron chi connectivity index (χ1n) is 9.37. The molecule has 0 aromatic carbocycles. The summed E-state index contributed by atoms with van der Waals surface area (Å²) in [6.45, 7) is 13.4. The third-order valence-electron chi connectivity index (χ3n) is 4.26. The van der Waals surface area contributed by atoms with E-state index in [-0.39, 0.29) is 18.5 Å². The van der Waals surface area contributed by atoms with Crippen molar-refractivity contribution in [2.24, 2.45) is 4.99 Å². The molecule has 0 aliphatic carbocycles. The predicted octanol–water partition coefficient (Wildman–Crippen LogP) is 0.604. The summed E-state index contributed by atoms with van der Waals surface area (Å²) in [5.74, 6) is 0.535. The van der Waals surface area contributed by atoms with Gasteiger partial charge in [-0.2, -0.15) is 0 Å². The first kappa shape index (κ1) is 21.2. The number of nitrogens with zero attached hydrogens (tertiary/aromatic N) is 3. The third kappa shape index (κ3) is 7.72. The van der Waals surface area contributed by atoms with E-state index in [0.29, 0.717) is 19.1 Å². The lowest BCUT2D eigenvalue weighted by Crippen LogP contribution is -2.43. The summed E-state index contributed by atoms with van der Waals surface area (Å²) >= 11 is 0. The fourth-order valence-corrected chi connectivity index (χ4v) is 2.73. The predicted molar refractivity (Wildman–Crippen MR) is 101 cm³/mol. The van der Waals surface area contributed by atoms with Crippen molar-refractivity contribution in [3.63, 3.8) is 0 Å². The molecule has 8 heteroatoms. The molecule has 1 fully saturated rings. The van der Waals surface area contributed by atoms with Crippen molar-refractivity contribution in [2.75, 3.05) is 45.8 Å². The molecule has 144 valence electrons. The fraction of sp³-hybridized carbons (Fsp3) is 0.824. The number of amides is 3. The molecule has 0 aromatic heterocycles. The molecule has 1 rings (SSSR count). The van der Waals surface area contributed by atoms with Crippen molar-refractivity contribution in [3.05, 3.63) is 0 Å². The minimum atomic E-state index is -0.331. The van der Waals surface area contributed by atoms with E-state index in [2.05, 4.69) is 46.6 Å². The minimum absolute atomic E-state index is 0.0877. The number of urea groups is 1. The molecule has 0 spiro atoms. The van der Waals surface area contributed by atoms with Gasteiger partial charge >= 0.3 is 6.03 Å². The zero-order valence-electron chi connectivity index (χ0n) is 16.1. The van der Waals surface area contributed by atoms with Gasteiger partial charge in [0.2, 0.25) is 5.91 Å². The van der Waals surface area contributed by atoms with E-state index in [4.69, 9.17) is 0 Å². The lowest BCUT2D eigenvalue weighted by atomic mass is 10.2. The second-order valence-corrected chi connectivity index (χ2v) is 6.18. The lowest BCUT2D eigenvalue weighted by Gasteiger charge is -2.21. The average molecular weight is 354 g/mol. The van der Waals surface area contributed by atoms with Gasteiger partial charge in [-0.15, -0.1) is 0 Å². The van der Waals surface area contributed by atoms with E-state index >= 15 is 0 Å². The summed E-state index contributed by atoms with van der Waals surface area (Å²) in [5.41, 5.74) is 0. The summed E-state index contributed by atoms with van der Waals surface area (Å²) in [4.78, 5) is 31.1. The number of carbonyl (C=O) groups excluding carboxylic acids is 2. The lowest BCUT2D eigenvalue weighted by molar-refractivity contribution is -0.124. The van der Waals surface area contributed by atoms with Crippen LogP contribution in [0.1, 0.15) is 40.5 Å². The summed E-state index contributed by atoms with van der Waals surface area (Å²) in [6, 6.07) is -0.0204. The maximum Gasteiger partial charge on any atom is 0.324 e. The van der Waals surface area contributed by atoms with Crippen LogP contribution < -0.4 is 16.0 Å². The highest BCUT2D eigenvalue weighted by molar-refractivity contribution is 6.01. The molecule has 25 heavy (non-hydrogen) atoms. The van der Waals surface area contributed by atoms with Crippen molar-refractivity contribution >= 4 is 17.9 Å². The first-order chi connectivity index (χ1) is 12.0. The van der Waals surface area contributed by atoms with Crippen molar-refractivity contribution in [3.8, 4) is 0 Å². The number of hydrogen-bond donors (Lipinski definition) is 3. The van der Waals surface area contributed by atoms with Crippen LogP contribution in [0.4, 0.5) is 4.79 Å². The van der Waals surface area contributed by atoms with E-state index < -0.39 is 0 Å². The number of guanidine groups is 1. The van der Waals surface area contributed by atoms with E-state index in [1.807, 2.05) is 6.92 Å². The van der Waals surface area contributed by atoms with Gasteiger partial charge in [-0.25, -0.2) is 4.79 Å². The van der Waals surface area contributed by atoms with Crippen LogP contribution >= 0.6 is 0 Å². The SMILES string of the molecule is CCNC(=NCCN1C(=O)CNC1=O)NC(C)CCCN(CC)CC. The minimum Gasteiger partial charge on any atom is -0.357 e. The van der Waals surface area contributed by atoms with Crippen LogP contribution in [0, 0.1) is 0 Å². The molecule has 8 nitrogen and oxygen atoms in total. The number of hydrogen-bond acceptors (Lipinski definition) is 4. The Balaban J connectivity index is 2.38. The van der Waals surface area contributed by atoms with Crippen molar-refractivity contribution < 1.29 is 9.59 Å². The Morgan fingerprint density at radius 2 is 2.04 bits per heavy atom. The monoisotopic (exact) mass is 354 g/mol. The van der Waals surface area contributed by atoms with Crippen LogP contribution in [-0.2, 0) is 4.79 Å². The Labute approximate surface area is 151 Å². The van der Waals surface area contributed by atoms with Crippen molar-refractivity contribution in [1.29, 1.82) is 0 Å². The first-order valence-corrected chi connectivity index (χ1v) is 9.37. The van der Waals surface area contributed by atoms with Gasteiger partial charge < -0.3 is 20.9 Å². The molecule has 0 radical (unpaired) electrons. The van der Waals surface area contributed by atoms with Crippen LogP contribution in [-0.4, -0.2) is 79.6 Å². The average Bonchev–Trinajstić information content (AvgIpc) is 2.90. The zero-order valence-corrected chi connectivity index (χ0v) is 16.1. The Hall–Kier alpha value is -1.83. The van der Waals surface area contributed by atoms with Crippen LogP contribution in [0.25, 0.3) is 0 Å². The van der Waals surface area contributed by atoms with E-state index in [0.717, 1.165) is 45.0 Å². The summed E-state index contributed by atoms with van der Waals surface area (Å²) < 4.78 is 0. The molecule has 0 bridgehead atoms. The zero-order chi connectivity index (χ0) is 18.7. The number of imide groups is 1. The Morgan fingerprint density at radius 1 is 1.32 bits per heavy atom. The molecule has 1 saturated heterocycles. The maximum absolute atomic E-state index is 11.5. The van der Waals surface area contributed by atoms with Gasteiger partial charge in [0.05, 0.1) is 19.6 Å². The molecular formula is C17H34N6O2. The normalized spacial score (nSPS) is 16.4. The molecule has 1 atom stereocenters. The molecule has 3 N–H and O–H groups in total. The van der Waals surface area contributed by atoms with Gasteiger partial charge in [-0.1, -0.05) is 13.8 Å². The topological polar surface area (TPSA) is 89.1 Å². The van der Waals surface area contributed by atoms with Gasteiger partial charge in [-0.3, -0.25) is 14.7 Å². The Kier molecular flexibility index (Phi) is 9.91. The largest absolute Gasteiger partial charge is 0.357 e.